The van der Waals surface area contributed by atoms with Gasteiger partial charge in [-0.1, -0.05) is 6.42 Å². The van der Waals surface area contributed by atoms with Gasteiger partial charge in [0.2, 0.25) is 0 Å². The molecule has 2 aliphatic rings. The zero-order valence-corrected chi connectivity index (χ0v) is 16.2. The van der Waals surface area contributed by atoms with Crippen molar-refractivity contribution >= 4 is 21.8 Å². The van der Waals surface area contributed by atoms with Crippen LogP contribution >= 0.6 is 15.9 Å². The Balaban J connectivity index is 1.71. The molecular weight excluding hydrogens is 370 g/mol. The van der Waals surface area contributed by atoms with Gasteiger partial charge in [-0.25, -0.2) is 0 Å². The summed E-state index contributed by atoms with van der Waals surface area (Å²) in [6, 6.07) is 3.76. The van der Waals surface area contributed by atoms with E-state index in [1.54, 1.807) is 19.2 Å². The van der Waals surface area contributed by atoms with Gasteiger partial charge in [-0.3, -0.25) is 4.79 Å². The van der Waals surface area contributed by atoms with Gasteiger partial charge in [0.05, 0.1) is 18.2 Å². The molecule has 2 bridgehead atoms. The maximum absolute atomic E-state index is 12.7. The lowest BCUT2D eigenvalue weighted by atomic mass is 9.84. The summed E-state index contributed by atoms with van der Waals surface area (Å²) < 4.78 is 11.7. The van der Waals surface area contributed by atoms with Crippen LogP contribution in [0.4, 0.5) is 0 Å². The van der Waals surface area contributed by atoms with Crippen molar-refractivity contribution in [2.75, 3.05) is 13.7 Å². The van der Waals surface area contributed by atoms with Crippen molar-refractivity contribution < 1.29 is 14.3 Å². The molecule has 4 nitrogen and oxygen atoms in total. The van der Waals surface area contributed by atoms with Crippen LogP contribution in [-0.2, 0) is 0 Å². The first-order valence-electron chi connectivity index (χ1n) is 8.84. The molecule has 4 unspecified atom stereocenters. The lowest BCUT2D eigenvalue weighted by molar-refractivity contribution is 0.0915. The molecule has 0 heterocycles. The van der Waals surface area contributed by atoms with Crippen LogP contribution < -0.4 is 14.8 Å². The minimum absolute atomic E-state index is 0.0488. The van der Waals surface area contributed by atoms with E-state index < -0.39 is 0 Å². The molecule has 1 amide bonds. The van der Waals surface area contributed by atoms with Crippen molar-refractivity contribution in [2.24, 2.45) is 17.8 Å². The van der Waals surface area contributed by atoms with E-state index in [2.05, 4.69) is 28.2 Å². The zero-order valence-electron chi connectivity index (χ0n) is 14.6. The Morgan fingerprint density at radius 2 is 2.17 bits per heavy atom. The van der Waals surface area contributed by atoms with Crippen LogP contribution in [0.25, 0.3) is 0 Å². The van der Waals surface area contributed by atoms with Gasteiger partial charge >= 0.3 is 0 Å². The lowest BCUT2D eigenvalue weighted by Gasteiger charge is -2.28. The fourth-order valence-electron chi connectivity index (χ4n) is 4.44. The number of carbonyl (C=O) groups excluding carboxylic acids is 1. The molecule has 4 atom stereocenters. The third-order valence-electron chi connectivity index (χ3n) is 5.57. The van der Waals surface area contributed by atoms with Gasteiger partial charge in [0, 0.05) is 11.6 Å². The van der Waals surface area contributed by atoms with Crippen molar-refractivity contribution in [2.45, 2.75) is 45.6 Å². The molecule has 0 aromatic heterocycles. The van der Waals surface area contributed by atoms with E-state index >= 15 is 0 Å². The first kappa shape index (κ1) is 17.6. The minimum Gasteiger partial charge on any atom is -0.493 e. The summed E-state index contributed by atoms with van der Waals surface area (Å²) in [6.07, 6.45) is 5.33. The standard InChI is InChI=1S/C19H26BrNO3/c1-4-24-18-16(20)9-14(10-17(18)23-3)19(22)21-11(2)15-8-12-5-6-13(15)7-12/h9-13,15H,4-8H2,1-3H3,(H,21,22). The number of hydrogen-bond donors (Lipinski definition) is 1. The maximum Gasteiger partial charge on any atom is 0.251 e. The number of amides is 1. The molecule has 132 valence electrons. The van der Waals surface area contributed by atoms with Gasteiger partial charge in [0.15, 0.2) is 11.5 Å². The molecular formula is C19H26BrNO3. The molecule has 1 N–H and O–H groups in total. The highest BCUT2D eigenvalue weighted by Crippen LogP contribution is 2.49. The van der Waals surface area contributed by atoms with E-state index in [0.29, 0.717) is 29.6 Å². The van der Waals surface area contributed by atoms with Crippen LogP contribution in [0, 0.1) is 17.8 Å². The molecule has 0 saturated heterocycles. The quantitative estimate of drug-likeness (QED) is 0.775. The van der Waals surface area contributed by atoms with Crippen molar-refractivity contribution in [3.8, 4) is 11.5 Å². The molecule has 24 heavy (non-hydrogen) atoms. The van der Waals surface area contributed by atoms with Gasteiger partial charge in [0.1, 0.15) is 0 Å². The predicted molar refractivity (Wildman–Crippen MR) is 97.7 cm³/mol. The Morgan fingerprint density at radius 1 is 1.38 bits per heavy atom. The molecule has 2 aliphatic carbocycles. The number of methoxy groups -OCH3 is 1. The van der Waals surface area contributed by atoms with Crippen LogP contribution in [0.1, 0.15) is 49.9 Å². The number of ether oxygens (including phenoxy) is 2. The first-order chi connectivity index (χ1) is 11.5. The van der Waals surface area contributed by atoms with E-state index in [-0.39, 0.29) is 11.9 Å². The Bertz CT molecular complexity index is 619. The molecule has 1 aromatic carbocycles. The summed E-state index contributed by atoms with van der Waals surface area (Å²) in [5.74, 6) is 3.47. The Labute approximate surface area is 152 Å². The second kappa shape index (κ2) is 7.34. The average molecular weight is 396 g/mol. The van der Waals surface area contributed by atoms with Crippen molar-refractivity contribution in [3.05, 3.63) is 22.2 Å². The van der Waals surface area contributed by atoms with Gasteiger partial charge in [0.25, 0.3) is 5.91 Å². The van der Waals surface area contributed by atoms with Gasteiger partial charge in [-0.2, -0.15) is 0 Å². The molecule has 1 aromatic rings. The predicted octanol–water partition coefficient (Wildman–Crippen LogP) is 4.41. The molecule has 2 saturated carbocycles. The van der Waals surface area contributed by atoms with Crippen LogP contribution in [-0.4, -0.2) is 25.7 Å². The summed E-state index contributed by atoms with van der Waals surface area (Å²) in [5, 5.41) is 3.20. The Morgan fingerprint density at radius 3 is 2.75 bits per heavy atom. The van der Waals surface area contributed by atoms with Crippen LogP contribution in [0.3, 0.4) is 0 Å². The zero-order chi connectivity index (χ0) is 17.3. The van der Waals surface area contributed by atoms with Crippen LogP contribution in [0.2, 0.25) is 0 Å². The number of halogens is 1. The lowest BCUT2D eigenvalue weighted by Crippen LogP contribution is -2.40. The number of hydrogen-bond acceptors (Lipinski definition) is 3. The fraction of sp³-hybridized carbons (Fsp3) is 0.632. The Kier molecular flexibility index (Phi) is 5.38. The molecule has 0 radical (unpaired) electrons. The van der Waals surface area contributed by atoms with Gasteiger partial charge in [-0.15, -0.1) is 0 Å². The van der Waals surface area contributed by atoms with E-state index in [1.807, 2.05) is 6.92 Å². The molecule has 3 rings (SSSR count). The number of benzene rings is 1. The normalized spacial score (nSPS) is 26.2. The third-order valence-corrected chi connectivity index (χ3v) is 6.16. The topological polar surface area (TPSA) is 47.6 Å². The third kappa shape index (κ3) is 3.41. The number of rotatable bonds is 6. The van der Waals surface area contributed by atoms with Crippen molar-refractivity contribution in [1.29, 1.82) is 0 Å². The molecule has 0 aliphatic heterocycles. The summed E-state index contributed by atoms with van der Waals surface area (Å²) in [5.41, 5.74) is 0.595. The fourth-order valence-corrected chi connectivity index (χ4v) is 5.00. The monoisotopic (exact) mass is 395 g/mol. The smallest absolute Gasteiger partial charge is 0.251 e. The SMILES string of the molecule is CCOc1c(Br)cc(C(=O)NC(C)C2CC3CCC2C3)cc1OC. The number of carbonyl (C=O) groups is 1. The van der Waals surface area contributed by atoms with Crippen molar-refractivity contribution in [1.82, 2.24) is 5.32 Å². The second-order valence-corrected chi connectivity index (χ2v) is 7.88. The van der Waals surface area contributed by atoms with E-state index in [0.717, 1.165) is 16.3 Å². The second-order valence-electron chi connectivity index (χ2n) is 7.02. The molecule has 0 spiro atoms. The summed E-state index contributed by atoms with van der Waals surface area (Å²) in [7, 11) is 1.59. The highest BCUT2D eigenvalue weighted by molar-refractivity contribution is 9.10. The van der Waals surface area contributed by atoms with Gasteiger partial charge < -0.3 is 14.8 Å². The van der Waals surface area contributed by atoms with Crippen LogP contribution in [0.5, 0.6) is 11.5 Å². The molecule has 2 fully saturated rings. The van der Waals surface area contributed by atoms with E-state index in [4.69, 9.17) is 9.47 Å². The van der Waals surface area contributed by atoms with Gasteiger partial charge in [-0.05, 0) is 78.9 Å². The molecule has 5 heteroatoms. The average Bonchev–Trinajstić information content (AvgIpc) is 3.19. The highest BCUT2D eigenvalue weighted by Gasteiger charge is 2.42. The van der Waals surface area contributed by atoms with E-state index in [9.17, 15) is 4.79 Å². The highest BCUT2D eigenvalue weighted by atomic mass is 79.9. The number of fused-ring (bicyclic) bond motifs is 2. The maximum atomic E-state index is 12.7. The summed E-state index contributed by atoms with van der Waals surface area (Å²) in [6.45, 7) is 4.61. The largest absolute Gasteiger partial charge is 0.493 e. The summed E-state index contributed by atoms with van der Waals surface area (Å²) >= 11 is 3.48. The van der Waals surface area contributed by atoms with Crippen LogP contribution in [0.15, 0.2) is 16.6 Å². The first-order valence-corrected chi connectivity index (χ1v) is 9.64. The number of nitrogens with one attached hydrogen (secondary N) is 1. The summed E-state index contributed by atoms with van der Waals surface area (Å²) in [4.78, 5) is 12.7. The van der Waals surface area contributed by atoms with E-state index in [1.165, 1.54) is 25.7 Å². The Hall–Kier alpha value is -1.23. The minimum atomic E-state index is -0.0488. The van der Waals surface area contributed by atoms with Crippen molar-refractivity contribution in [3.63, 3.8) is 0 Å².